The average Bonchev–Trinajstić information content (AvgIpc) is 2.09. The van der Waals surface area contributed by atoms with Crippen LogP contribution in [0.5, 0.6) is 0 Å². The summed E-state index contributed by atoms with van der Waals surface area (Å²) in [6.07, 6.45) is 5.16. The van der Waals surface area contributed by atoms with Crippen LogP contribution in [0.4, 0.5) is 5.69 Å². The van der Waals surface area contributed by atoms with Crippen molar-refractivity contribution in [3.8, 4) is 0 Å². The molecule has 0 amide bonds. The van der Waals surface area contributed by atoms with E-state index in [-0.39, 0.29) is 0 Å². The van der Waals surface area contributed by atoms with E-state index in [0.717, 1.165) is 11.4 Å². The molecule has 0 aliphatic carbocycles. The Hall–Kier alpha value is -1.51. The van der Waals surface area contributed by atoms with Gasteiger partial charge in [0.25, 0.3) is 0 Å². The molecule has 0 fully saturated rings. The number of rotatable bonds is 2. The lowest BCUT2D eigenvalue weighted by atomic mass is 10.3. The zero-order valence-electron chi connectivity index (χ0n) is 7.23. The second-order valence-corrected chi connectivity index (χ2v) is 2.18. The molecule has 0 saturated carbocycles. The van der Waals surface area contributed by atoms with E-state index in [9.17, 15) is 0 Å². The van der Waals surface area contributed by atoms with Gasteiger partial charge < -0.3 is 0 Å². The highest BCUT2D eigenvalue weighted by Gasteiger charge is 1.95. The van der Waals surface area contributed by atoms with Gasteiger partial charge in [-0.15, -0.1) is 0 Å². The molecule has 0 bridgehead atoms. The fourth-order valence-corrected chi connectivity index (χ4v) is 0.879. The summed E-state index contributed by atoms with van der Waals surface area (Å²) in [6.45, 7) is 1.87. The van der Waals surface area contributed by atoms with Crippen LogP contribution in [0.25, 0.3) is 0 Å². The minimum atomic E-state index is 0.804. The van der Waals surface area contributed by atoms with E-state index < -0.39 is 0 Å². The zero-order valence-corrected chi connectivity index (χ0v) is 7.23. The van der Waals surface area contributed by atoms with Crippen LogP contribution in [0.2, 0.25) is 0 Å². The van der Waals surface area contributed by atoms with Crippen molar-refractivity contribution in [1.29, 1.82) is 0 Å². The molecule has 0 aliphatic rings. The molecule has 62 valence electrons. The lowest BCUT2D eigenvalue weighted by Crippen LogP contribution is -1.86. The molecule has 0 saturated heterocycles. The molecule has 3 heteroatoms. The van der Waals surface area contributed by atoms with E-state index >= 15 is 0 Å². The summed E-state index contributed by atoms with van der Waals surface area (Å²) < 4.78 is 0. The summed E-state index contributed by atoms with van der Waals surface area (Å²) in [5.74, 6) is 0. The van der Waals surface area contributed by atoms with Gasteiger partial charge in [-0.2, -0.15) is 0 Å². The summed E-state index contributed by atoms with van der Waals surface area (Å²) >= 11 is 0. The number of aliphatic imine (C=N–C) groups is 2. The van der Waals surface area contributed by atoms with E-state index in [4.69, 9.17) is 0 Å². The molecule has 12 heavy (non-hydrogen) atoms. The Morgan fingerprint density at radius 2 is 2.33 bits per heavy atom. The Bertz CT molecular complexity index is 271. The average molecular weight is 161 g/mol. The van der Waals surface area contributed by atoms with E-state index in [1.165, 1.54) is 0 Å². The minimum absolute atomic E-state index is 0.804. The Kier molecular flexibility index (Phi) is 3.14. The quantitative estimate of drug-likeness (QED) is 0.610. The third-order valence-electron chi connectivity index (χ3n) is 1.34. The predicted octanol–water partition coefficient (Wildman–Crippen LogP) is 1.85. The SMILES string of the molecule is CC=Nc1cccnc1C=NC. The largest absolute Gasteiger partial charge is 0.294 e. The summed E-state index contributed by atoms with van der Waals surface area (Å²) in [5, 5.41) is 0. The molecular formula is C9H11N3. The van der Waals surface area contributed by atoms with Crippen molar-refractivity contribution in [3.05, 3.63) is 24.0 Å². The van der Waals surface area contributed by atoms with Gasteiger partial charge in [0, 0.05) is 25.7 Å². The maximum atomic E-state index is 4.15. The lowest BCUT2D eigenvalue weighted by molar-refractivity contribution is 1.27. The van der Waals surface area contributed by atoms with Gasteiger partial charge in [0.1, 0.15) is 5.69 Å². The van der Waals surface area contributed by atoms with E-state index in [1.54, 1.807) is 25.7 Å². The van der Waals surface area contributed by atoms with Crippen molar-refractivity contribution in [3.63, 3.8) is 0 Å². The van der Waals surface area contributed by atoms with Gasteiger partial charge in [0.15, 0.2) is 0 Å². The van der Waals surface area contributed by atoms with Gasteiger partial charge in [-0.05, 0) is 19.1 Å². The van der Waals surface area contributed by atoms with Gasteiger partial charge in [0.2, 0.25) is 0 Å². The first-order valence-corrected chi connectivity index (χ1v) is 3.74. The molecule has 0 aliphatic heterocycles. The van der Waals surface area contributed by atoms with Gasteiger partial charge in [-0.3, -0.25) is 15.0 Å². The van der Waals surface area contributed by atoms with E-state index in [0.29, 0.717) is 0 Å². The monoisotopic (exact) mass is 161 g/mol. The van der Waals surface area contributed by atoms with Crippen molar-refractivity contribution in [2.75, 3.05) is 7.05 Å². The van der Waals surface area contributed by atoms with Crippen LogP contribution in [0.15, 0.2) is 28.3 Å². The molecule has 1 rings (SSSR count). The molecule has 0 aromatic carbocycles. The molecule has 0 unspecified atom stereocenters. The minimum Gasteiger partial charge on any atom is -0.294 e. The first-order valence-electron chi connectivity index (χ1n) is 3.74. The molecule has 1 heterocycles. The van der Waals surface area contributed by atoms with Gasteiger partial charge in [-0.25, -0.2) is 0 Å². The highest BCUT2D eigenvalue weighted by atomic mass is 14.8. The molecular weight excluding hydrogens is 150 g/mol. The third kappa shape index (κ3) is 1.99. The van der Waals surface area contributed by atoms with Crippen molar-refractivity contribution in [2.45, 2.75) is 6.92 Å². The molecule has 0 atom stereocenters. The third-order valence-corrected chi connectivity index (χ3v) is 1.34. The second kappa shape index (κ2) is 4.38. The summed E-state index contributed by atoms with van der Waals surface area (Å²) in [4.78, 5) is 12.2. The maximum absolute atomic E-state index is 4.15. The Labute approximate surface area is 71.9 Å². The molecule has 1 aromatic rings. The van der Waals surface area contributed by atoms with E-state index in [1.807, 2.05) is 19.1 Å². The number of hydrogen-bond acceptors (Lipinski definition) is 3. The van der Waals surface area contributed by atoms with Crippen LogP contribution in [0.3, 0.4) is 0 Å². The lowest BCUT2D eigenvalue weighted by Gasteiger charge is -1.95. The zero-order chi connectivity index (χ0) is 8.81. The van der Waals surface area contributed by atoms with Crippen LogP contribution in [-0.4, -0.2) is 24.5 Å². The Morgan fingerprint density at radius 3 is 3.00 bits per heavy atom. The fourth-order valence-electron chi connectivity index (χ4n) is 0.879. The molecule has 3 nitrogen and oxygen atoms in total. The predicted molar refractivity (Wildman–Crippen MR) is 51.6 cm³/mol. The molecule has 0 radical (unpaired) electrons. The molecule has 0 spiro atoms. The Morgan fingerprint density at radius 1 is 1.50 bits per heavy atom. The summed E-state index contributed by atoms with van der Waals surface area (Å²) in [5.41, 5.74) is 1.66. The fraction of sp³-hybridized carbons (Fsp3) is 0.222. The normalized spacial score (nSPS) is 11.5. The standard InChI is InChI=1S/C9H11N3/c1-3-11-8-5-4-6-12-9(8)7-10-2/h3-7H,1-2H3. The number of pyridine rings is 1. The summed E-state index contributed by atoms with van der Waals surface area (Å²) in [6, 6.07) is 3.76. The van der Waals surface area contributed by atoms with Gasteiger partial charge in [0.05, 0.1) is 5.69 Å². The van der Waals surface area contributed by atoms with Crippen LogP contribution in [0, 0.1) is 0 Å². The van der Waals surface area contributed by atoms with Crippen LogP contribution >= 0.6 is 0 Å². The highest BCUT2D eigenvalue weighted by molar-refractivity contribution is 5.84. The van der Waals surface area contributed by atoms with Crippen molar-refractivity contribution < 1.29 is 0 Å². The first kappa shape index (κ1) is 8.59. The van der Waals surface area contributed by atoms with Crippen molar-refractivity contribution in [2.24, 2.45) is 9.98 Å². The molecule has 1 aromatic heterocycles. The van der Waals surface area contributed by atoms with Gasteiger partial charge >= 0.3 is 0 Å². The first-order chi connectivity index (χ1) is 5.88. The molecule has 0 N–H and O–H groups in total. The van der Waals surface area contributed by atoms with Crippen LogP contribution in [-0.2, 0) is 0 Å². The number of nitrogens with zero attached hydrogens (tertiary/aromatic N) is 3. The Balaban J connectivity index is 3.08. The second-order valence-electron chi connectivity index (χ2n) is 2.18. The van der Waals surface area contributed by atoms with Gasteiger partial charge in [-0.1, -0.05) is 0 Å². The van der Waals surface area contributed by atoms with Crippen molar-refractivity contribution in [1.82, 2.24) is 4.98 Å². The number of aromatic nitrogens is 1. The highest BCUT2D eigenvalue weighted by Crippen LogP contribution is 2.12. The number of hydrogen-bond donors (Lipinski definition) is 0. The maximum Gasteiger partial charge on any atom is 0.106 e. The van der Waals surface area contributed by atoms with Crippen LogP contribution < -0.4 is 0 Å². The topological polar surface area (TPSA) is 37.6 Å². The van der Waals surface area contributed by atoms with Crippen molar-refractivity contribution >= 4 is 18.1 Å². The van der Waals surface area contributed by atoms with Crippen LogP contribution in [0.1, 0.15) is 12.6 Å². The van der Waals surface area contributed by atoms with E-state index in [2.05, 4.69) is 15.0 Å². The smallest absolute Gasteiger partial charge is 0.106 e. The summed E-state index contributed by atoms with van der Waals surface area (Å²) in [7, 11) is 1.72.